The third-order valence-corrected chi connectivity index (χ3v) is 4.73. The fourth-order valence-corrected chi connectivity index (χ4v) is 3.13. The van der Waals surface area contributed by atoms with E-state index in [1.165, 1.54) is 23.1 Å². The predicted molar refractivity (Wildman–Crippen MR) is 75.8 cm³/mol. The van der Waals surface area contributed by atoms with E-state index in [9.17, 15) is 13.2 Å². The fourth-order valence-electron chi connectivity index (χ4n) is 2.02. The number of hydrogen-bond donors (Lipinski definition) is 0. The summed E-state index contributed by atoms with van der Waals surface area (Å²) in [6.45, 7) is 1.09. The number of ether oxygens (including phenoxy) is 1. The molecule has 8 heteroatoms. The normalized spacial score (nSPS) is 19.1. The summed E-state index contributed by atoms with van der Waals surface area (Å²) in [5.41, 5.74) is 0.186. The summed E-state index contributed by atoms with van der Waals surface area (Å²) in [7, 11) is 3.00. The molecule has 1 heterocycles. The molecule has 0 saturated carbocycles. The van der Waals surface area contributed by atoms with Crippen LogP contribution in [0.3, 0.4) is 0 Å². The highest BCUT2D eigenvalue weighted by molar-refractivity contribution is 8.13. The second-order valence-corrected chi connectivity index (χ2v) is 7.55. The molecule has 20 heavy (non-hydrogen) atoms. The van der Waals surface area contributed by atoms with Crippen molar-refractivity contribution in [3.8, 4) is 0 Å². The van der Waals surface area contributed by atoms with E-state index in [0.29, 0.717) is 13.2 Å². The molecule has 1 aliphatic heterocycles. The molecule has 1 fully saturated rings. The van der Waals surface area contributed by atoms with Crippen molar-refractivity contribution in [2.75, 3.05) is 20.3 Å². The van der Waals surface area contributed by atoms with Crippen molar-refractivity contribution in [3.05, 3.63) is 28.8 Å². The summed E-state index contributed by atoms with van der Waals surface area (Å²) in [4.78, 5) is 13.7. The number of likely N-dealkylation sites (N-methyl/N-ethyl adjacent to an activating group) is 1. The number of carbonyl (C=O) groups is 1. The Bertz CT molecular complexity index is 626. The van der Waals surface area contributed by atoms with Crippen molar-refractivity contribution in [1.29, 1.82) is 0 Å². The highest BCUT2D eigenvalue weighted by atomic mass is 35.7. The molecule has 0 spiro atoms. The van der Waals surface area contributed by atoms with Gasteiger partial charge in [0.1, 0.15) is 0 Å². The average Bonchev–Trinajstić information content (AvgIpc) is 2.89. The number of carbonyl (C=O) groups excluding carboxylic acids is 1. The molecule has 5 nitrogen and oxygen atoms in total. The van der Waals surface area contributed by atoms with Crippen molar-refractivity contribution in [2.45, 2.75) is 17.4 Å². The highest BCUT2D eigenvalue weighted by Crippen LogP contribution is 2.23. The van der Waals surface area contributed by atoms with E-state index in [2.05, 4.69) is 0 Å². The van der Waals surface area contributed by atoms with Gasteiger partial charge in [0.05, 0.1) is 17.5 Å². The zero-order chi connectivity index (χ0) is 14.9. The molecule has 1 atom stereocenters. The van der Waals surface area contributed by atoms with E-state index in [4.69, 9.17) is 27.0 Å². The van der Waals surface area contributed by atoms with E-state index in [0.717, 1.165) is 6.42 Å². The molecule has 0 bridgehead atoms. The van der Waals surface area contributed by atoms with Crippen molar-refractivity contribution in [3.63, 3.8) is 0 Å². The number of rotatable bonds is 3. The first kappa shape index (κ1) is 15.6. The molecule has 1 saturated heterocycles. The second kappa shape index (κ2) is 5.89. The number of nitrogens with zero attached hydrogens (tertiary/aromatic N) is 1. The summed E-state index contributed by atoms with van der Waals surface area (Å²) in [6, 6.07) is 3.83. The second-order valence-electron chi connectivity index (χ2n) is 4.55. The van der Waals surface area contributed by atoms with Crippen LogP contribution in [-0.2, 0) is 13.8 Å². The molecule has 0 aliphatic carbocycles. The zero-order valence-electron chi connectivity index (χ0n) is 10.7. The predicted octanol–water partition coefficient (Wildman–Crippen LogP) is 2.13. The third kappa shape index (κ3) is 3.44. The molecule has 0 radical (unpaired) electrons. The van der Waals surface area contributed by atoms with Crippen LogP contribution in [0.2, 0.25) is 5.02 Å². The number of amides is 1. The van der Waals surface area contributed by atoms with Crippen LogP contribution < -0.4 is 0 Å². The minimum Gasteiger partial charge on any atom is -0.379 e. The Kier molecular flexibility index (Phi) is 4.59. The molecule has 1 aliphatic rings. The topological polar surface area (TPSA) is 63.7 Å². The standard InChI is InChI=1S/C12H13Cl2NO4S/c1-15(10-2-3-19-7-10)12(16)8-4-9(13)6-11(5-8)20(14,17)18/h4-6,10H,2-3,7H2,1H3. The van der Waals surface area contributed by atoms with Crippen molar-refractivity contribution in [2.24, 2.45) is 0 Å². The SMILES string of the molecule is CN(C(=O)c1cc(Cl)cc(S(=O)(=O)Cl)c1)C1CCOC1. The van der Waals surface area contributed by atoms with Gasteiger partial charge >= 0.3 is 0 Å². The van der Waals surface area contributed by atoms with Gasteiger partial charge in [-0.05, 0) is 24.6 Å². The smallest absolute Gasteiger partial charge is 0.261 e. The van der Waals surface area contributed by atoms with Gasteiger partial charge in [0.25, 0.3) is 15.0 Å². The van der Waals surface area contributed by atoms with Gasteiger partial charge in [-0.25, -0.2) is 8.42 Å². The number of benzene rings is 1. The summed E-state index contributed by atoms with van der Waals surface area (Å²) in [5, 5.41) is 0.145. The summed E-state index contributed by atoms with van der Waals surface area (Å²) < 4.78 is 27.9. The zero-order valence-corrected chi connectivity index (χ0v) is 13.0. The van der Waals surface area contributed by atoms with Crippen LogP contribution in [-0.4, -0.2) is 45.5 Å². The minimum absolute atomic E-state index is 0.0162. The van der Waals surface area contributed by atoms with E-state index >= 15 is 0 Å². The Morgan fingerprint density at radius 2 is 2.10 bits per heavy atom. The van der Waals surface area contributed by atoms with Gasteiger partial charge in [-0.2, -0.15) is 0 Å². The lowest BCUT2D eigenvalue weighted by atomic mass is 10.1. The van der Waals surface area contributed by atoms with Gasteiger partial charge in [0.2, 0.25) is 0 Å². The maximum Gasteiger partial charge on any atom is 0.261 e. The monoisotopic (exact) mass is 337 g/mol. The average molecular weight is 338 g/mol. The number of hydrogen-bond acceptors (Lipinski definition) is 4. The van der Waals surface area contributed by atoms with Crippen molar-refractivity contribution in [1.82, 2.24) is 4.90 Å². The maximum atomic E-state index is 12.3. The highest BCUT2D eigenvalue weighted by Gasteiger charge is 2.26. The quantitative estimate of drug-likeness (QED) is 0.792. The molecule has 2 rings (SSSR count). The molecule has 0 N–H and O–H groups in total. The lowest BCUT2D eigenvalue weighted by Gasteiger charge is -2.23. The first-order valence-electron chi connectivity index (χ1n) is 5.89. The van der Waals surface area contributed by atoms with Gasteiger partial charge in [0, 0.05) is 34.9 Å². The Balaban J connectivity index is 2.32. The van der Waals surface area contributed by atoms with Crippen LogP contribution in [0.15, 0.2) is 23.1 Å². The molecule has 1 amide bonds. The fraction of sp³-hybridized carbons (Fsp3) is 0.417. The number of halogens is 2. The molecule has 1 unspecified atom stereocenters. The first-order valence-corrected chi connectivity index (χ1v) is 8.58. The Hall–Kier alpha value is -0.820. The molecule has 1 aromatic rings. The summed E-state index contributed by atoms with van der Waals surface area (Å²) >= 11 is 5.85. The van der Waals surface area contributed by atoms with Gasteiger partial charge in [-0.1, -0.05) is 11.6 Å². The molecule has 0 aromatic heterocycles. The van der Waals surface area contributed by atoms with Crippen LogP contribution >= 0.6 is 22.3 Å². The molecular weight excluding hydrogens is 325 g/mol. The van der Waals surface area contributed by atoms with Crippen molar-refractivity contribution < 1.29 is 17.9 Å². The van der Waals surface area contributed by atoms with Crippen LogP contribution in [0.1, 0.15) is 16.8 Å². The van der Waals surface area contributed by atoms with Gasteiger partial charge < -0.3 is 9.64 Å². The summed E-state index contributed by atoms with van der Waals surface area (Å²) in [6.07, 6.45) is 0.753. The lowest BCUT2D eigenvalue weighted by Crippen LogP contribution is -2.37. The first-order chi connectivity index (χ1) is 9.29. The largest absolute Gasteiger partial charge is 0.379 e. The Morgan fingerprint density at radius 1 is 1.40 bits per heavy atom. The minimum atomic E-state index is -3.93. The van der Waals surface area contributed by atoms with Gasteiger partial charge in [-0.15, -0.1) is 0 Å². The van der Waals surface area contributed by atoms with Crippen molar-refractivity contribution >= 4 is 37.2 Å². The van der Waals surface area contributed by atoms with E-state index in [1.54, 1.807) is 7.05 Å². The van der Waals surface area contributed by atoms with Crippen LogP contribution in [0, 0.1) is 0 Å². The third-order valence-electron chi connectivity index (χ3n) is 3.17. The Labute approximate surface area is 126 Å². The summed E-state index contributed by atoms with van der Waals surface area (Å²) in [5.74, 6) is -0.315. The van der Waals surface area contributed by atoms with E-state index < -0.39 is 9.05 Å². The van der Waals surface area contributed by atoms with E-state index in [1.807, 2.05) is 0 Å². The van der Waals surface area contributed by atoms with Gasteiger partial charge in [-0.3, -0.25) is 4.79 Å². The van der Waals surface area contributed by atoms with Crippen LogP contribution in [0.5, 0.6) is 0 Å². The maximum absolute atomic E-state index is 12.3. The molecule has 110 valence electrons. The van der Waals surface area contributed by atoms with Gasteiger partial charge in [0.15, 0.2) is 0 Å². The lowest BCUT2D eigenvalue weighted by molar-refractivity contribution is 0.0711. The molecular formula is C12H13Cl2NO4S. The van der Waals surface area contributed by atoms with Crippen LogP contribution in [0.25, 0.3) is 0 Å². The Morgan fingerprint density at radius 3 is 2.65 bits per heavy atom. The molecule has 1 aromatic carbocycles. The van der Waals surface area contributed by atoms with E-state index in [-0.39, 0.29) is 27.4 Å². The van der Waals surface area contributed by atoms with Crippen LogP contribution in [0.4, 0.5) is 0 Å².